The molecule has 2 N–H and O–H groups in total. The monoisotopic (exact) mass is 178 g/mol. The number of rotatable bonds is 6. The molecule has 0 aliphatic heterocycles. The lowest BCUT2D eigenvalue weighted by atomic mass is 10.3. The van der Waals surface area contributed by atoms with E-state index in [-0.39, 0.29) is 19.6 Å². The van der Waals surface area contributed by atoms with Gasteiger partial charge in [-0.3, -0.25) is 9.59 Å². The van der Waals surface area contributed by atoms with Crippen LogP contribution in [0.3, 0.4) is 0 Å². The molecule has 0 fully saturated rings. The maximum absolute atomic E-state index is 10.6. The van der Waals surface area contributed by atoms with Gasteiger partial charge in [0.05, 0.1) is 12.8 Å². The van der Waals surface area contributed by atoms with Crippen molar-refractivity contribution in [2.24, 2.45) is 0 Å². The first-order valence-corrected chi connectivity index (χ1v) is 3.23. The lowest BCUT2D eigenvalue weighted by Gasteiger charge is -2.01. The van der Waals surface area contributed by atoms with Gasteiger partial charge < -0.3 is 19.7 Å². The van der Waals surface area contributed by atoms with Crippen LogP contribution >= 0.6 is 0 Å². The molecule has 0 aliphatic carbocycles. The maximum Gasteiger partial charge on any atom is 0.308 e. The smallest absolute Gasteiger partial charge is 0.308 e. The van der Waals surface area contributed by atoms with Crippen LogP contribution in [0.2, 0.25) is 0 Å². The Morgan fingerprint density at radius 1 is 1.25 bits per heavy atom. The summed E-state index contributed by atoms with van der Waals surface area (Å²) in [5.74, 6) is -1.72. The van der Waals surface area contributed by atoms with E-state index in [1.807, 2.05) is 0 Å². The van der Waals surface area contributed by atoms with Crippen molar-refractivity contribution in [2.45, 2.75) is 12.8 Å². The molecule has 6 nitrogen and oxygen atoms in total. The van der Waals surface area contributed by atoms with E-state index < -0.39 is 18.7 Å². The van der Waals surface area contributed by atoms with Crippen LogP contribution in [-0.4, -0.2) is 35.7 Å². The molecule has 0 rings (SSSR count). The highest BCUT2D eigenvalue weighted by Crippen LogP contribution is 1.92. The van der Waals surface area contributed by atoms with Gasteiger partial charge in [-0.25, -0.2) is 0 Å². The van der Waals surface area contributed by atoms with Gasteiger partial charge in [-0.15, -0.1) is 0 Å². The van der Waals surface area contributed by atoms with Crippen LogP contribution in [0.25, 0.3) is 0 Å². The summed E-state index contributed by atoms with van der Waals surface area (Å²) in [5, 5.41) is 16.2. The number of ether oxygens (including phenoxy) is 2. The highest BCUT2D eigenvalue weighted by molar-refractivity contribution is 5.76. The van der Waals surface area contributed by atoms with E-state index in [1.54, 1.807) is 0 Å². The quantitative estimate of drug-likeness (QED) is 0.318. The fraction of sp³-hybridized carbons (Fsp3) is 0.667. The summed E-state index contributed by atoms with van der Waals surface area (Å²) in [6.45, 7) is -0.888. The molecule has 0 amide bonds. The molecule has 0 aromatic carbocycles. The van der Waals surface area contributed by atoms with Crippen LogP contribution in [0.5, 0.6) is 0 Å². The summed E-state index contributed by atoms with van der Waals surface area (Å²) in [6.07, 6.45) is -0.456. The van der Waals surface area contributed by atoms with Gasteiger partial charge in [0.2, 0.25) is 0 Å². The summed E-state index contributed by atoms with van der Waals surface area (Å²) >= 11 is 0. The molecule has 0 saturated heterocycles. The van der Waals surface area contributed by atoms with Gasteiger partial charge in [0.1, 0.15) is 6.79 Å². The van der Waals surface area contributed by atoms with E-state index in [2.05, 4.69) is 9.47 Å². The summed E-state index contributed by atoms with van der Waals surface area (Å²) in [5.41, 5.74) is 0. The summed E-state index contributed by atoms with van der Waals surface area (Å²) < 4.78 is 8.62. The Hall–Kier alpha value is -1.14. The first-order chi connectivity index (χ1) is 5.66. The molecule has 70 valence electrons. The Morgan fingerprint density at radius 3 is 2.42 bits per heavy atom. The van der Waals surface area contributed by atoms with Crippen molar-refractivity contribution in [1.82, 2.24) is 0 Å². The molecule has 0 atom stereocenters. The van der Waals surface area contributed by atoms with E-state index >= 15 is 0 Å². The lowest BCUT2D eigenvalue weighted by molar-refractivity contribution is -0.164. The highest BCUT2D eigenvalue weighted by Gasteiger charge is 2.05. The molecule has 0 aliphatic rings. The van der Waals surface area contributed by atoms with E-state index in [0.29, 0.717) is 0 Å². The molecule has 0 aromatic rings. The van der Waals surface area contributed by atoms with Gasteiger partial charge in [0.25, 0.3) is 0 Å². The molecule has 12 heavy (non-hydrogen) atoms. The Morgan fingerprint density at radius 2 is 1.92 bits per heavy atom. The van der Waals surface area contributed by atoms with E-state index in [4.69, 9.17) is 10.2 Å². The molecule has 0 aromatic heterocycles. The predicted molar refractivity (Wildman–Crippen MR) is 36.0 cm³/mol. The zero-order valence-corrected chi connectivity index (χ0v) is 6.36. The van der Waals surface area contributed by atoms with Crippen LogP contribution in [0.4, 0.5) is 0 Å². The first-order valence-electron chi connectivity index (χ1n) is 3.23. The standard InChI is InChI=1S/C6H10O6/c7-3-11-4-12-6(10)2-1-5(8)9/h7H,1-4H2,(H,8,9). The molecular weight excluding hydrogens is 168 g/mol. The zero-order chi connectivity index (χ0) is 9.40. The number of carboxylic acids is 1. The van der Waals surface area contributed by atoms with Gasteiger partial charge in [-0.1, -0.05) is 0 Å². The van der Waals surface area contributed by atoms with Crippen LogP contribution in [0.1, 0.15) is 12.8 Å². The van der Waals surface area contributed by atoms with Crippen LogP contribution in [-0.2, 0) is 19.1 Å². The normalized spacial score (nSPS) is 9.42. The maximum atomic E-state index is 10.6. The lowest BCUT2D eigenvalue weighted by Crippen LogP contribution is -2.10. The SMILES string of the molecule is O=C(O)CCC(=O)OCOCO. The van der Waals surface area contributed by atoms with Crippen LogP contribution in [0, 0.1) is 0 Å². The predicted octanol–water partition coefficient (Wildman–Crippen LogP) is -0.682. The fourth-order valence-corrected chi connectivity index (χ4v) is 0.426. The number of carbonyl (C=O) groups excluding carboxylic acids is 1. The Labute approximate surface area is 68.7 Å². The number of aliphatic carboxylic acids is 1. The highest BCUT2D eigenvalue weighted by atomic mass is 16.7. The number of hydrogen-bond acceptors (Lipinski definition) is 5. The summed E-state index contributed by atoms with van der Waals surface area (Å²) in [7, 11) is 0. The number of aliphatic hydroxyl groups is 1. The van der Waals surface area contributed by atoms with Gasteiger partial charge >= 0.3 is 11.9 Å². The zero-order valence-electron chi connectivity index (χ0n) is 6.36. The first kappa shape index (κ1) is 10.9. The second-order valence-electron chi connectivity index (χ2n) is 1.86. The van der Waals surface area contributed by atoms with Gasteiger partial charge in [-0.2, -0.15) is 0 Å². The number of carbonyl (C=O) groups is 2. The van der Waals surface area contributed by atoms with Crippen molar-refractivity contribution in [1.29, 1.82) is 0 Å². The molecule has 0 bridgehead atoms. The van der Waals surface area contributed by atoms with Crippen molar-refractivity contribution in [3.8, 4) is 0 Å². The minimum atomic E-state index is -1.06. The minimum Gasteiger partial charge on any atom is -0.481 e. The van der Waals surface area contributed by atoms with Crippen molar-refractivity contribution < 1.29 is 29.3 Å². The van der Waals surface area contributed by atoms with Crippen molar-refractivity contribution in [2.75, 3.05) is 13.6 Å². The second kappa shape index (κ2) is 6.56. The molecule has 0 radical (unpaired) electrons. The van der Waals surface area contributed by atoms with Gasteiger partial charge in [0.15, 0.2) is 6.79 Å². The number of carboxylic acid groups (broad SMARTS) is 1. The van der Waals surface area contributed by atoms with Crippen molar-refractivity contribution in [3.05, 3.63) is 0 Å². The number of aliphatic hydroxyl groups excluding tert-OH is 1. The number of hydrogen-bond donors (Lipinski definition) is 2. The van der Waals surface area contributed by atoms with Gasteiger partial charge in [-0.05, 0) is 0 Å². The third-order valence-electron chi connectivity index (χ3n) is 0.938. The molecule has 0 spiro atoms. The average molecular weight is 178 g/mol. The van der Waals surface area contributed by atoms with E-state index in [1.165, 1.54) is 0 Å². The van der Waals surface area contributed by atoms with Crippen molar-refractivity contribution in [3.63, 3.8) is 0 Å². The molecular formula is C6H10O6. The summed E-state index contributed by atoms with van der Waals surface area (Å²) in [6, 6.07) is 0. The Bertz CT molecular complexity index is 154. The second-order valence-corrected chi connectivity index (χ2v) is 1.86. The minimum absolute atomic E-state index is 0.190. The molecule has 0 saturated carbocycles. The van der Waals surface area contributed by atoms with Crippen molar-refractivity contribution >= 4 is 11.9 Å². The third-order valence-corrected chi connectivity index (χ3v) is 0.938. The topological polar surface area (TPSA) is 93.1 Å². The Kier molecular flexibility index (Phi) is 5.94. The third kappa shape index (κ3) is 6.97. The largest absolute Gasteiger partial charge is 0.481 e. The van der Waals surface area contributed by atoms with Crippen LogP contribution in [0.15, 0.2) is 0 Å². The Balaban J connectivity index is 3.28. The van der Waals surface area contributed by atoms with Crippen LogP contribution < -0.4 is 0 Å². The van der Waals surface area contributed by atoms with E-state index in [9.17, 15) is 9.59 Å². The molecule has 6 heteroatoms. The average Bonchev–Trinajstić information content (AvgIpc) is 2.01. The number of esters is 1. The summed E-state index contributed by atoms with van der Waals surface area (Å²) in [4.78, 5) is 20.5. The van der Waals surface area contributed by atoms with E-state index in [0.717, 1.165) is 0 Å². The fourth-order valence-electron chi connectivity index (χ4n) is 0.426. The van der Waals surface area contributed by atoms with Gasteiger partial charge in [0, 0.05) is 0 Å². The molecule has 0 unspecified atom stereocenters. The molecule has 0 heterocycles.